The first-order valence-electron chi connectivity index (χ1n) is 9.75. The average molecular weight is 414 g/mol. The minimum atomic E-state index is -0.684. The lowest BCUT2D eigenvalue weighted by atomic mass is 9.95. The molecule has 2 aromatic carbocycles. The number of carbonyl (C=O) groups excluding carboxylic acids is 2. The van der Waals surface area contributed by atoms with Gasteiger partial charge in [0.2, 0.25) is 0 Å². The molecule has 2 aromatic rings. The topological polar surface area (TPSA) is 66.8 Å². The third-order valence-electron chi connectivity index (χ3n) is 4.77. The second-order valence-electron chi connectivity index (χ2n) is 6.92. The van der Waals surface area contributed by atoms with Gasteiger partial charge in [-0.15, -0.1) is 0 Å². The minimum absolute atomic E-state index is 0.0819. The van der Waals surface area contributed by atoms with E-state index in [0.717, 1.165) is 12.0 Å². The number of ketones is 1. The van der Waals surface area contributed by atoms with Crippen LogP contribution in [0.1, 0.15) is 43.9 Å². The van der Waals surface area contributed by atoms with E-state index in [4.69, 9.17) is 16.3 Å². The van der Waals surface area contributed by atoms with Crippen LogP contribution in [0.25, 0.3) is 5.76 Å². The molecule has 1 aliphatic rings. The summed E-state index contributed by atoms with van der Waals surface area (Å²) in [5, 5.41) is 11.6. The number of likely N-dealkylation sites (tertiary alicyclic amines) is 1. The average Bonchev–Trinajstić information content (AvgIpc) is 2.98. The predicted molar refractivity (Wildman–Crippen MR) is 113 cm³/mol. The molecular weight excluding hydrogens is 390 g/mol. The molecule has 1 aliphatic heterocycles. The summed E-state index contributed by atoms with van der Waals surface area (Å²) in [6.07, 6.45) is 1.55. The van der Waals surface area contributed by atoms with E-state index in [-0.39, 0.29) is 11.3 Å². The first-order valence-corrected chi connectivity index (χ1v) is 10.1. The fraction of sp³-hybridized carbons (Fsp3) is 0.304. The van der Waals surface area contributed by atoms with Crippen molar-refractivity contribution < 1.29 is 19.4 Å². The smallest absolute Gasteiger partial charge is 0.295 e. The third-order valence-corrected chi connectivity index (χ3v) is 5.02. The molecule has 0 aliphatic carbocycles. The van der Waals surface area contributed by atoms with Crippen LogP contribution in [0.4, 0.5) is 0 Å². The Bertz CT molecular complexity index is 936. The van der Waals surface area contributed by atoms with E-state index in [9.17, 15) is 14.7 Å². The summed E-state index contributed by atoms with van der Waals surface area (Å²) >= 11 is 6.00. The molecule has 1 unspecified atom stereocenters. The molecule has 1 heterocycles. The van der Waals surface area contributed by atoms with E-state index in [1.165, 1.54) is 4.90 Å². The van der Waals surface area contributed by atoms with Crippen LogP contribution >= 0.6 is 11.6 Å². The van der Waals surface area contributed by atoms with Gasteiger partial charge in [-0.25, -0.2) is 0 Å². The molecule has 29 heavy (non-hydrogen) atoms. The zero-order valence-electron chi connectivity index (χ0n) is 16.5. The number of ether oxygens (including phenoxy) is 1. The number of benzene rings is 2. The van der Waals surface area contributed by atoms with Gasteiger partial charge in [0.1, 0.15) is 11.5 Å². The van der Waals surface area contributed by atoms with Gasteiger partial charge in [0, 0.05) is 17.1 Å². The molecule has 0 spiro atoms. The Kier molecular flexibility index (Phi) is 6.60. The highest BCUT2D eigenvalue weighted by Crippen LogP contribution is 2.40. The Morgan fingerprint density at radius 1 is 1.10 bits per heavy atom. The van der Waals surface area contributed by atoms with Gasteiger partial charge in [-0.1, -0.05) is 49.7 Å². The largest absolute Gasteiger partial charge is 0.507 e. The van der Waals surface area contributed by atoms with E-state index in [1.807, 2.05) is 13.8 Å². The number of Topliss-reactive ketones (excluding diaryl/α,β-unsaturated/α-hetero) is 1. The first kappa shape index (κ1) is 20.9. The summed E-state index contributed by atoms with van der Waals surface area (Å²) in [5.74, 6) is -0.895. The highest BCUT2D eigenvalue weighted by molar-refractivity contribution is 6.46. The van der Waals surface area contributed by atoms with Gasteiger partial charge >= 0.3 is 0 Å². The van der Waals surface area contributed by atoms with Crippen LogP contribution in [-0.2, 0) is 9.59 Å². The molecule has 0 bridgehead atoms. The van der Waals surface area contributed by atoms with Gasteiger partial charge in [-0.05, 0) is 42.7 Å². The normalized spacial score (nSPS) is 18.3. The lowest BCUT2D eigenvalue weighted by Crippen LogP contribution is -2.30. The minimum Gasteiger partial charge on any atom is -0.507 e. The SMILES string of the molecule is CCCOc1cccc(/C(O)=C2/C(=O)C(=O)N(CCC)C2c2ccc(Cl)cc2)c1. The molecule has 0 aromatic heterocycles. The van der Waals surface area contributed by atoms with Crippen LogP contribution < -0.4 is 4.74 Å². The van der Waals surface area contributed by atoms with Crippen molar-refractivity contribution in [2.24, 2.45) is 0 Å². The van der Waals surface area contributed by atoms with Crippen molar-refractivity contribution in [3.63, 3.8) is 0 Å². The molecule has 152 valence electrons. The Morgan fingerprint density at radius 3 is 2.48 bits per heavy atom. The molecule has 1 saturated heterocycles. The van der Waals surface area contributed by atoms with Gasteiger partial charge in [0.15, 0.2) is 0 Å². The number of halogens is 1. The van der Waals surface area contributed by atoms with Crippen molar-refractivity contribution in [1.29, 1.82) is 0 Å². The van der Waals surface area contributed by atoms with Gasteiger partial charge < -0.3 is 14.7 Å². The van der Waals surface area contributed by atoms with E-state index < -0.39 is 17.7 Å². The summed E-state index contributed by atoms with van der Waals surface area (Å²) in [6.45, 7) is 4.90. The van der Waals surface area contributed by atoms with E-state index >= 15 is 0 Å². The predicted octanol–water partition coefficient (Wildman–Crippen LogP) is 4.96. The molecule has 5 nitrogen and oxygen atoms in total. The fourth-order valence-corrected chi connectivity index (χ4v) is 3.58. The van der Waals surface area contributed by atoms with Crippen LogP contribution in [0.2, 0.25) is 5.02 Å². The quantitative estimate of drug-likeness (QED) is 0.395. The number of hydrogen-bond acceptors (Lipinski definition) is 4. The molecule has 0 radical (unpaired) electrons. The van der Waals surface area contributed by atoms with E-state index in [1.54, 1.807) is 48.5 Å². The summed E-state index contributed by atoms with van der Waals surface area (Å²) in [5.41, 5.74) is 1.24. The zero-order valence-corrected chi connectivity index (χ0v) is 17.3. The maximum absolute atomic E-state index is 12.8. The fourth-order valence-electron chi connectivity index (χ4n) is 3.45. The summed E-state index contributed by atoms with van der Waals surface area (Å²) in [6, 6.07) is 13.2. The second kappa shape index (κ2) is 9.14. The maximum Gasteiger partial charge on any atom is 0.295 e. The molecular formula is C23H24ClNO4. The Labute approximate surface area is 175 Å². The van der Waals surface area contributed by atoms with Crippen LogP contribution in [-0.4, -0.2) is 34.8 Å². The van der Waals surface area contributed by atoms with Gasteiger partial charge in [-0.2, -0.15) is 0 Å². The number of hydrogen-bond donors (Lipinski definition) is 1. The summed E-state index contributed by atoms with van der Waals surface area (Å²) in [7, 11) is 0. The zero-order chi connectivity index (χ0) is 21.0. The lowest BCUT2D eigenvalue weighted by molar-refractivity contribution is -0.139. The van der Waals surface area contributed by atoms with Gasteiger partial charge in [0.05, 0.1) is 18.2 Å². The van der Waals surface area contributed by atoms with Crippen LogP contribution in [0, 0.1) is 0 Å². The number of rotatable bonds is 7. The molecule has 1 N–H and O–H groups in total. The number of amides is 1. The number of aliphatic hydroxyl groups excluding tert-OH is 1. The van der Waals surface area contributed by atoms with Gasteiger partial charge in [-0.3, -0.25) is 9.59 Å². The number of aliphatic hydroxyl groups is 1. The Balaban J connectivity index is 2.11. The van der Waals surface area contributed by atoms with Gasteiger partial charge in [0.25, 0.3) is 11.7 Å². The summed E-state index contributed by atoms with van der Waals surface area (Å²) < 4.78 is 5.63. The molecule has 6 heteroatoms. The van der Waals surface area contributed by atoms with Crippen molar-refractivity contribution >= 4 is 29.1 Å². The molecule has 0 saturated carbocycles. The van der Waals surface area contributed by atoms with E-state index in [2.05, 4.69) is 0 Å². The summed E-state index contributed by atoms with van der Waals surface area (Å²) in [4.78, 5) is 27.0. The number of carbonyl (C=O) groups is 2. The van der Waals surface area contributed by atoms with Crippen LogP contribution in [0.3, 0.4) is 0 Å². The Hall–Kier alpha value is -2.79. The van der Waals surface area contributed by atoms with E-state index in [0.29, 0.717) is 35.9 Å². The van der Waals surface area contributed by atoms with Crippen LogP contribution in [0.5, 0.6) is 5.75 Å². The molecule has 1 amide bonds. The maximum atomic E-state index is 12.8. The standard InChI is InChI=1S/C23H24ClNO4/c1-3-12-25-20(15-8-10-17(24)11-9-15)19(22(27)23(25)28)21(26)16-6-5-7-18(14-16)29-13-4-2/h5-11,14,20,26H,3-4,12-13H2,1-2H3/b21-19-. The monoisotopic (exact) mass is 413 g/mol. The van der Waals surface area contributed by atoms with Crippen LogP contribution in [0.15, 0.2) is 54.1 Å². The molecule has 1 atom stereocenters. The highest BCUT2D eigenvalue weighted by atomic mass is 35.5. The third kappa shape index (κ3) is 4.30. The molecule has 3 rings (SSSR count). The van der Waals surface area contributed by atoms with Crippen molar-refractivity contribution in [3.05, 3.63) is 70.3 Å². The first-order chi connectivity index (χ1) is 14.0. The van der Waals surface area contributed by atoms with Crippen molar-refractivity contribution in [3.8, 4) is 5.75 Å². The highest BCUT2D eigenvalue weighted by Gasteiger charge is 2.45. The second-order valence-corrected chi connectivity index (χ2v) is 7.36. The van der Waals surface area contributed by atoms with Crippen molar-refractivity contribution in [2.75, 3.05) is 13.2 Å². The lowest BCUT2D eigenvalue weighted by Gasteiger charge is -2.25. The van der Waals surface area contributed by atoms with Crippen molar-refractivity contribution in [1.82, 2.24) is 4.90 Å². The molecule has 1 fully saturated rings. The number of nitrogens with zero attached hydrogens (tertiary/aromatic N) is 1. The Morgan fingerprint density at radius 2 is 1.83 bits per heavy atom. The van der Waals surface area contributed by atoms with Crippen molar-refractivity contribution in [2.45, 2.75) is 32.7 Å².